The maximum Gasteiger partial charge on any atom is 0.454 e. The Morgan fingerprint density at radius 2 is 1.88 bits per heavy atom. The molecule has 1 aromatic carbocycles. The molecule has 1 fully saturated rings. The number of alkyl halides is 3. The number of nitrogens with zero attached hydrogens (tertiary/aromatic N) is 2. The molecular formula is C17H20F3N3O2. The van der Waals surface area contributed by atoms with Crippen LogP contribution in [0.3, 0.4) is 0 Å². The minimum atomic E-state index is -4.90. The quantitative estimate of drug-likeness (QED) is 0.826. The van der Waals surface area contributed by atoms with Gasteiger partial charge in [0.25, 0.3) is 5.78 Å². The molecule has 1 saturated heterocycles. The fourth-order valence-electron chi connectivity index (χ4n) is 2.58. The highest BCUT2D eigenvalue weighted by Crippen LogP contribution is 2.22. The van der Waals surface area contributed by atoms with Gasteiger partial charge in [0.1, 0.15) is 6.04 Å². The van der Waals surface area contributed by atoms with Gasteiger partial charge in [-0.05, 0) is 37.1 Å². The topological polar surface area (TPSA) is 52.7 Å². The molecule has 1 N–H and O–H groups in total. The van der Waals surface area contributed by atoms with Crippen LogP contribution in [0.4, 0.5) is 24.5 Å². The number of anilines is 2. The number of benzene rings is 1. The third-order valence-electron chi connectivity index (χ3n) is 3.94. The Hall–Kier alpha value is -2.51. The summed E-state index contributed by atoms with van der Waals surface area (Å²) in [7, 11) is 3.80. The minimum Gasteiger partial charge on any atom is -0.378 e. The molecule has 1 unspecified atom stereocenters. The van der Waals surface area contributed by atoms with Crippen molar-refractivity contribution < 1.29 is 22.8 Å². The Morgan fingerprint density at radius 1 is 1.24 bits per heavy atom. The summed E-state index contributed by atoms with van der Waals surface area (Å²) in [4.78, 5) is 26.7. The summed E-state index contributed by atoms with van der Waals surface area (Å²) in [5.74, 6) is -2.24. The third-order valence-corrected chi connectivity index (χ3v) is 3.94. The number of hydrogen-bond acceptors (Lipinski definition) is 4. The molecule has 0 radical (unpaired) electrons. The fourth-order valence-corrected chi connectivity index (χ4v) is 2.58. The van der Waals surface area contributed by atoms with E-state index in [1.54, 1.807) is 12.1 Å². The van der Waals surface area contributed by atoms with Crippen LogP contribution in [0.25, 0.3) is 0 Å². The zero-order valence-corrected chi connectivity index (χ0v) is 14.0. The number of amides is 1. The molecular weight excluding hydrogens is 335 g/mol. The van der Waals surface area contributed by atoms with E-state index in [2.05, 4.69) is 5.32 Å². The number of nitrogens with one attached hydrogen (secondary N) is 1. The molecule has 1 aromatic rings. The number of ketones is 1. The molecule has 0 saturated carbocycles. The maximum atomic E-state index is 12.4. The Kier molecular flexibility index (Phi) is 5.71. The lowest BCUT2D eigenvalue weighted by Crippen LogP contribution is -2.36. The minimum absolute atomic E-state index is 0.306. The zero-order valence-electron chi connectivity index (χ0n) is 14.0. The Bertz CT molecular complexity index is 654. The number of carbonyl (C=O) groups is 2. The molecule has 25 heavy (non-hydrogen) atoms. The number of halogens is 3. The van der Waals surface area contributed by atoms with Crippen molar-refractivity contribution >= 4 is 23.1 Å². The maximum absolute atomic E-state index is 12.4. The molecule has 8 heteroatoms. The van der Waals surface area contributed by atoms with Crippen molar-refractivity contribution in [3.63, 3.8) is 0 Å². The van der Waals surface area contributed by atoms with Crippen molar-refractivity contribution in [3.8, 4) is 0 Å². The molecule has 0 spiro atoms. The van der Waals surface area contributed by atoms with E-state index in [1.165, 1.54) is 4.90 Å². The SMILES string of the molecule is CN(C)c1ccc(NC(=O)C2CCCN2C=CC(=O)C(F)(F)F)cc1. The largest absolute Gasteiger partial charge is 0.454 e. The lowest BCUT2D eigenvalue weighted by molar-refractivity contribution is -0.165. The highest BCUT2D eigenvalue weighted by molar-refractivity contribution is 5.96. The van der Waals surface area contributed by atoms with E-state index in [9.17, 15) is 22.8 Å². The molecule has 2 rings (SSSR count). The summed E-state index contributed by atoms with van der Waals surface area (Å²) in [6.45, 7) is 0.430. The van der Waals surface area contributed by atoms with Crippen molar-refractivity contribution in [2.75, 3.05) is 30.9 Å². The number of carbonyl (C=O) groups excluding carboxylic acids is 2. The lowest BCUT2D eigenvalue weighted by Gasteiger charge is -2.22. The molecule has 1 amide bonds. The third kappa shape index (κ3) is 4.98. The van der Waals surface area contributed by atoms with Gasteiger partial charge in [-0.2, -0.15) is 13.2 Å². The van der Waals surface area contributed by atoms with Gasteiger partial charge in [-0.3, -0.25) is 9.59 Å². The zero-order chi connectivity index (χ0) is 18.6. The van der Waals surface area contributed by atoms with Crippen LogP contribution in [0.1, 0.15) is 12.8 Å². The molecule has 1 heterocycles. The molecule has 0 aromatic heterocycles. The summed E-state index contributed by atoms with van der Waals surface area (Å²) >= 11 is 0. The average Bonchev–Trinajstić information content (AvgIpc) is 3.00. The molecule has 1 aliphatic rings. The smallest absolute Gasteiger partial charge is 0.378 e. The molecule has 1 atom stereocenters. The van der Waals surface area contributed by atoms with Gasteiger partial charge in [-0.25, -0.2) is 0 Å². The first kappa shape index (κ1) is 18.8. The van der Waals surface area contributed by atoms with E-state index >= 15 is 0 Å². The normalized spacial score (nSPS) is 17.8. The molecule has 1 aliphatic heterocycles. The number of allylic oxidation sites excluding steroid dienone is 1. The average molecular weight is 355 g/mol. The van der Waals surface area contributed by atoms with Crippen molar-refractivity contribution in [1.29, 1.82) is 0 Å². The predicted octanol–water partition coefficient (Wildman–Crippen LogP) is 2.80. The van der Waals surface area contributed by atoms with Crippen LogP contribution in [0, 0.1) is 0 Å². The molecule has 0 bridgehead atoms. The second-order valence-electron chi connectivity index (χ2n) is 6.00. The van der Waals surface area contributed by atoms with Gasteiger partial charge in [0.2, 0.25) is 5.91 Å². The van der Waals surface area contributed by atoms with E-state index in [1.807, 2.05) is 31.1 Å². The van der Waals surface area contributed by atoms with E-state index < -0.39 is 18.0 Å². The van der Waals surface area contributed by atoms with Crippen molar-refractivity contribution in [3.05, 3.63) is 36.5 Å². The molecule has 5 nitrogen and oxygen atoms in total. The van der Waals surface area contributed by atoms with Gasteiger partial charge >= 0.3 is 6.18 Å². The van der Waals surface area contributed by atoms with E-state index in [0.29, 0.717) is 31.1 Å². The number of rotatable bonds is 5. The summed E-state index contributed by atoms with van der Waals surface area (Å²) in [5, 5.41) is 2.76. The van der Waals surface area contributed by atoms with Crippen LogP contribution >= 0.6 is 0 Å². The summed E-state index contributed by atoms with van der Waals surface area (Å²) in [6.07, 6.45) is -2.18. The summed E-state index contributed by atoms with van der Waals surface area (Å²) in [6, 6.07) is 6.63. The monoisotopic (exact) mass is 355 g/mol. The van der Waals surface area contributed by atoms with Crippen LogP contribution in [-0.2, 0) is 9.59 Å². The summed E-state index contributed by atoms with van der Waals surface area (Å²) < 4.78 is 36.8. The van der Waals surface area contributed by atoms with Crippen molar-refractivity contribution in [1.82, 2.24) is 4.90 Å². The molecule has 0 aliphatic carbocycles. The molecule has 136 valence electrons. The van der Waals surface area contributed by atoms with E-state index in [0.717, 1.165) is 11.9 Å². The standard InChI is InChI=1S/C17H20F3N3O2/c1-22(2)13-7-5-12(6-8-13)21-16(25)14-4-3-10-23(14)11-9-15(24)17(18,19)20/h5-9,11,14H,3-4,10H2,1-2H3,(H,21,25). The van der Waals surface area contributed by atoms with Crippen LogP contribution < -0.4 is 10.2 Å². The Balaban J connectivity index is 2.00. The predicted molar refractivity (Wildman–Crippen MR) is 89.3 cm³/mol. The fraction of sp³-hybridized carbons (Fsp3) is 0.412. The van der Waals surface area contributed by atoms with Crippen molar-refractivity contribution in [2.24, 2.45) is 0 Å². The van der Waals surface area contributed by atoms with E-state index in [-0.39, 0.29) is 5.91 Å². The van der Waals surface area contributed by atoms with Gasteiger partial charge in [-0.1, -0.05) is 0 Å². The summed E-state index contributed by atoms with van der Waals surface area (Å²) in [5.41, 5.74) is 1.59. The highest BCUT2D eigenvalue weighted by Gasteiger charge is 2.37. The Morgan fingerprint density at radius 3 is 2.44 bits per heavy atom. The van der Waals surface area contributed by atoms with Crippen LogP contribution in [0.5, 0.6) is 0 Å². The second-order valence-corrected chi connectivity index (χ2v) is 6.00. The van der Waals surface area contributed by atoms with Crippen molar-refractivity contribution in [2.45, 2.75) is 25.1 Å². The Labute approximate surface area is 144 Å². The van der Waals surface area contributed by atoms with Gasteiger partial charge in [0.15, 0.2) is 0 Å². The van der Waals surface area contributed by atoms with Gasteiger partial charge in [-0.15, -0.1) is 0 Å². The number of likely N-dealkylation sites (tertiary alicyclic amines) is 1. The van der Waals surface area contributed by atoms with Crippen LogP contribution in [0.2, 0.25) is 0 Å². The lowest BCUT2D eigenvalue weighted by atomic mass is 10.2. The second kappa shape index (κ2) is 7.58. The first-order valence-corrected chi connectivity index (χ1v) is 7.82. The number of hydrogen-bond donors (Lipinski definition) is 1. The van der Waals surface area contributed by atoms with Gasteiger partial charge < -0.3 is 15.1 Å². The first-order chi connectivity index (χ1) is 11.7. The van der Waals surface area contributed by atoms with Gasteiger partial charge in [0, 0.05) is 44.3 Å². The van der Waals surface area contributed by atoms with E-state index in [4.69, 9.17) is 0 Å². The van der Waals surface area contributed by atoms with Crippen LogP contribution in [-0.4, -0.2) is 49.4 Å². The van der Waals surface area contributed by atoms with Crippen LogP contribution in [0.15, 0.2) is 36.5 Å². The highest BCUT2D eigenvalue weighted by atomic mass is 19.4. The first-order valence-electron chi connectivity index (χ1n) is 7.82. The van der Waals surface area contributed by atoms with Gasteiger partial charge in [0.05, 0.1) is 0 Å².